The Hall–Kier alpha value is -3.01. The van der Waals surface area contributed by atoms with Crippen LogP contribution in [0.4, 0.5) is 0 Å². The van der Waals surface area contributed by atoms with E-state index < -0.39 is 0 Å². The van der Waals surface area contributed by atoms with Gasteiger partial charge < -0.3 is 14.5 Å². The van der Waals surface area contributed by atoms with Crippen molar-refractivity contribution in [2.45, 2.75) is 0 Å². The lowest BCUT2D eigenvalue weighted by Gasteiger charge is -2.16. The van der Waals surface area contributed by atoms with Crippen molar-refractivity contribution in [2.24, 2.45) is 0 Å². The molecular weight excluding hydrogens is 290 g/mol. The zero-order valence-electron chi connectivity index (χ0n) is 12.8. The molecule has 0 aliphatic heterocycles. The van der Waals surface area contributed by atoms with E-state index >= 15 is 0 Å². The fourth-order valence-corrected chi connectivity index (χ4v) is 3.29. The minimum Gasteiger partial charge on any atom is -0.492 e. The van der Waals surface area contributed by atoms with Crippen molar-refractivity contribution in [3.05, 3.63) is 59.0 Å². The van der Waals surface area contributed by atoms with Crippen LogP contribution in [-0.2, 0) is 0 Å². The fraction of sp³-hybridized carbons (Fsp3) is 0.105. The van der Waals surface area contributed by atoms with E-state index in [0.717, 1.165) is 26.9 Å². The third-order valence-electron chi connectivity index (χ3n) is 4.25. The van der Waals surface area contributed by atoms with Crippen LogP contribution in [0.3, 0.4) is 0 Å². The van der Waals surface area contributed by atoms with Crippen LogP contribution in [0.2, 0.25) is 0 Å². The molecular formula is C19H15NO3. The number of pyridine rings is 1. The van der Waals surface area contributed by atoms with Gasteiger partial charge in [-0.25, -0.2) is 0 Å². The minimum atomic E-state index is -0.187. The van der Waals surface area contributed by atoms with Crippen LogP contribution in [0.25, 0.3) is 32.3 Å². The predicted octanol–water partition coefficient (Wildman–Crippen LogP) is 3.85. The molecule has 0 fully saturated rings. The van der Waals surface area contributed by atoms with Gasteiger partial charge in [-0.05, 0) is 22.2 Å². The van der Waals surface area contributed by atoms with E-state index in [0.29, 0.717) is 16.9 Å². The highest BCUT2D eigenvalue weighted by atomic mass is 16.5. The van der Waals surface area contributed by atoms with Gasteiger partial charge in [0.1, 0.15) is 0 Å². The average molecular weight is 305 g/mol. The van der Waals surface area contributed by atoms with Crippen LogP contribution in [-0.4, -0.2) is 19.2 Å². The molecule has 4 heteroatoms. The quantitative estimate of drug-likeness (QED) is 0.572. The smallest absolute Gasteiger partial charge is 0.259 e. The normalized spacial score (nSPS) is 11.2. The van der Waals surface area contributed by atoms with Gasteiger partial charge in [-0.15, -0.1) is 0 Å². The van der Waals surface area contributed by atoms with Crippen LogP contribution in [0.5, 0.6) is 11.5 Å². The summed E-state index contributed by atoms with van der Waals surface area (Å²) < 4.78 is 11.2. The first-order valence-corrected chi connectivity index (χ1v) is 7.33. The molecule has 0 spiro atoms. The van der Waals surface area contributed by atoms with Crippen molar-refractivity contribution in [1.29, 1.82) is 0 Å². The van der Waals surface area contributed by atoms with Crippen LogP contribution in [0, 0.1) is 0 Å². The van der Waals surface area contributed by atoms with Gasteiger partial charge in [-0.1, -0.05) is 36.4 Å². The Bertz CT molecular complexity index is 1110. The SMILES string of the molecule is COc1c(OC)c2c3ccccc3ccc2c2cc[nH]c(=O)c12. The Morgan fingerprint density at radius 1 is 0.783 bits per heavy atom. The predicted molar refractivity (Wildman–Crippen MR) is 92.7 cm³/mol. The lowest BCUT2D eigenvalue weighted by molar-refractivity contribution is 0.362. The molecule has 0 aliphatic carbocycles. The van der Waals surface area contributed by atoms with E-state index in [-0.39, 0.29) is 5.56 Å². The molecule has 3 aromatic carbocycles. The summed E-state index contributed by atoms with van der Waals surface area (Å²) in [5.74, 6) is 1.05. The Morgan fingerprint density at radius 2 is 1.48 bits per heavy atom. The molecule has 1 N–H and O–H groups in total. The largest absolute Gasteiger partial charge is 0.492 e. The molecule has 0 saturated carbocycles. The maximum Gasteiger partial charge on any atom is 0.259 e. The topological polar surface area (TPSA) is 51.3 Å². The molecule has 0 atom stereocenters. The first-order chi connectivity index (χ1) is 11.3. The summed E-state index contributed by atoms with van der Waals surface area (Å²) in [5.41, 5.74) is -0.187. The summed E-state index contributed by atoms with van der Waals surface area (Å²) in [6, 6.07) is 14.1. The maximum absolute atomic E-state index is 12.3. The number of rotatable bonds is 2. The van der Waals surface area contributed by atoms with Crippen molar-refractivity contribution in [3.8, 4) is 11.5 Å². The first kappa shape index (κ1) is 13.6. The number of aromatic nitrogens is 1. The monoisotopic (exact) mass is 305 g/mol. The van der Waals surface area contributed by atoms with Gasteiger partial charge in [0, 0.05) is 17.0 Å². The Balaban J connectivity index is 2.41. The molecule has 23 heavy (non-hydrogen) atoms. The number of benzene rings is 3. The maximum atomic E-state index is 12.3. The molecule has 0 amide bonds. The number of hydrogen-bond donors (Lipinski definition) is 1. The lowest BCUT2D eigenvalue weighted by Crippen LogP contribution is -2.07. The minimum absolute atomic E-state index is 0.187. The summed E-state index contributed by atoms with van der Waals surface area (Å²) in [6.45, 7) is 0. The molecule has 1 aromatic heterocycles. The lowest BCUT2D eigenvalue weighted by atomic mass is 9.96. The standard InChI is InChI=1S/C19H15NO3/c1-22-17-15-12-6-4-3-5-11(12)7-8-13(15)14-9-10-20-19(21)16(14)18(17)23-2/h3-10H,1-2H3,(H,20,21). The highest BCUT2D eigenvalue weighted by molar-refractivity contribution is 6.22. The first-order valence-electron chi connectivity index (χ1n) is 7.33. The van der Waals surface area contributed by atoms with E-state index in [1.165, 1.54) is 0 Å². The van der Waals surface area contributed by atoms with Crippen LogP contribution in [0.1, 0.15) is 0 Å². The molecule has 0 saturated heterocycles. The fourth-order valence-electron chi connectivity index (χ4n) is 3.29. The third-order valence-corrected chi connectivity index (χ3v) is 4.25. The van der Waals surface area contributed by atoms with Crippen LogP contribution < -0.4 is 15.0 Å². The van der Waals surface area contributed by atoms with E-state index in [1.54, 1.807) is 20.4 Å². The van der Waals surface area contributed by atoms with Crippen molar-refractivity contribution >= 4 is 32.3 Å². The van der Waals surface area contributed by atoms with Gasteiger partial charge in [-0.3, -0.25) is 4.79 Å². The number of ether oxygens (including phenoxy) is 2. The van der Waals surface area contributed by atoms with Crippen molar-refractivity contribution < 1.29 is 9.47 Å². The Labute approximate surface area is 132 Å². The molecule has 0 unspecified atom stereocenters. The van der Waals surface area contributed by atoms with Gasteiger partial charge in [0.25, 0.3) is 5.56 Å². The van der Waals surface area contributed by atoms with Crippen LogP contribution in [0.15, 0.2) is 53.5 Å². The summed E-state index contributed by atoms with van der Waals surface area (Å²) in [7, 11) is 3.16. The number of hydrogen-bond acceptors (Lipinski definition) is 3. The van der Waals surface area contributed by atoms with Gasteiger partial charge in [0.2, 0.25) is 0 Å². The second-order valence-electron chi connectivity index (χ2n) is 5.37. The second-order valence-corrected chi connectivity index (χ2v) is 5.37. The number of aromatic amines is 1. The van der Waals surface area contributed by atoms with Gasteiger partial charge >= 0.3 is 0 Å². The van der Waals surface area contributed by atoms with E-state index in [2.05, 4.69) is 23.2 Å². The Kier molecular flexibility index (Phi) is 2.98. The Morgan fingerprint density at radius 3 is 2.26 bits per heavy atom. The van der Waals surface area contributed by atoms with E-state index in [1.807, 2.05) is 24.3 Å². The summed E-state index contributed by atoms with van der Waals surface area (Å²) in [6.07, 6.45) is 1.66. The number of methoxy groups -OCH3 is 2. The zero-order chi connectivity index (χ0) is 16.0. The van der Waals surface area contributed by atoms with Crippen molar-refractivity contribution in [3.63, 3.8) is 0 Å². The van der Waals surface area contributed by atoms with E-state index in [4.69, 9.17) is 9.47 Å². The highest BCUT2D eigenvalue weighted by Gasteiger charge is 2.19. The van der Waals surface area contributed by atoms with Crippen molar-refractivity contribution in [2.75, 3.05) is 14.2 Å². The molecule has 4 aromatic rings. The van der Waals surface area contributed by atoms with Gasteiger partial charge in [0.05, 0.1) is 19.6 Å². The molecule has 0 radical (unpaired) electrons. The second kappa shape index (κ2) is 5.02. The average Bonchev–Trinajstić information content (AvgIpc) is 2.60. The molecule has 4 nitrogen and oxygen atoms in total. The highest BCUT2D eigenvalue weighted by Crippen LogP contribution is 2.44. The van der Waals surface area contributed by atoms with Crippen molar-refractivity contribution in [1.82, 2.24) is 4.98 Å². The molecule has 0 bridgehead atoms. The molecule has 114 valence electrons. The summed E-state index contributed by atoms with van der Waals surface area (Å²) >= 11 is 0. The number of nitrogens with one attached hydrogen (secondary N) is 1. The van der Waals surface area contributed by atoms with Crippen LogP contribution >= 0.6 is 0 Å². The molecule has 1 heterocycles. The van der Waals surface area contributed by atoms with Gasteiger partial charge in [0.15, 0.2) is 11.5 Å². The third kappa shape index (κ3) is 1.81. The van der Waals surface area contributed by atoms with E-state index in [9.17, 15) is 4.79 Å². The summed E-state index contributed by atoms with van der Waals surface area (Å²) in [5, 5.41) is 5.48. The van der Waals surface area contributed by atoms with Gasteiger partial charge in [-0.2, -0.15) is 0 Å². The summed E-state index contributed by atoms with van der Waals surface area (Å²) in [4.78, 5) is 15.1. The molecule has 4 rings (SSSR count). The molecule has 0 aliphatic rings. The number of fused-ring (bicyclic) bond motifs is 5. The number of H-pyrrole nitrogens is 1. The zero-order valence-corrected chi connectivity index (χ0v) is 12.8.